The van der Waals surface area contributed by atoms with E-state index in [1.54, 1.807) is 41.6 Å². The van der Waals surface area contributed by atoms with Crippen LogP contribution in [-0.2, 0) is 13.2 Å². The number of rotatable bonds is 9. The first-order valence-electron chi connectivity index (χ1n) is 10.2. The number of hydrogen-bond acceptors (Lipinski definition) is 6. The van der Waals surface area contributed by atoms with Gasteiger partial charge in [0.1, 0.15) is 19.3 Å². The molecule has 162 valence electrons. The molecule has 0 atom stereocenters. The van der Waals surface area contributed by atoms with Crippen molar-refractivity contribution in [2.45, 2.75) is 20.1 Å². The number of carbonyl (C=O) groups excluding carboxylic acids is 1. The highest BCUT2D eigenvalue weighted by Gasteiger charge is 2.12. The van der Waals surface area contributed by atoms with E-state index in [-0.39, 0.29) is 5.91 Å². The average molecular weight is 429 g/mol. The molecule has 2 aromatic heterocycles. The zero-order valence-electron chi connectivity index (χ0n) is 17.6. The molecule has 0 aliphatic rings. The molecule has 8 heteroatoms. The summed E-state index contributed by atoms with van der Waals surface area (Å²) in [6.45, 7) is 3.12. The monoisotopic (exact) mass is 429 g/mol. The highest BCUT2D eigenvalue weighted by atomic mass is 16.5. The number of amides is 1. The van der Waals surface area contributed by atoms with Gasteiger partial charge in [0.2, 0.25) is 0 Å². The van der Waals surface area contributed by atoms with E-state index in [4.69, 9.17) is 9.47 Å². The third-order valence-corrected chi connectivity index (χ3v) is 4.70. The fourth-order valence-corrected chi connectivity index (χ4v) is 3.07. The van der Waals surface area contributed by atoms with Gasteiger partial charge >= 0.3 is 0 Å². The van der Waals surface area contributed by atoms with E-state index >= 15 is 0 Å². The molecule has 0 unspecified atom stereocenters. The molecule has 8 nitrogen and oxygen atoms in total. The van der Waals surface area contributed by atoms with Gasteiger partial charge in [0.15, 0.2) is 11.5 Å². The summed E-state index contributed by atoms with van der Waals surface area (Å²) in [5.41, 5.74) is 3.33. The molecular formula is C24H23N5O3. The highest BCUT2D eigenvalue weighted by Crippen LogP contribution is 2.29. The van der Waals surface area contributed by atoms with Crippen LogP contribution < -0.4 is 14.8 Å². The molecule has 2 heterocycles. The summed E-state index contributed by atoms with van der Waals surface area (Å²) in [6, 6.07) is 16.7. The largest absolute Gasteiger partial charge is 0.490 e. The van der Waals surface area contributed by atoms with E-state index < -0.39 is 0 Å². The second-order valence-electron chi connectivity index (χ2n) is 6.93. The molecule has 1 N–H and O–H groups in total. The van der Waals surface area contributed by atoms with Gasteiger partial charge in [-0.3, -0.25) is 9.78 Å². The highest BCUT2D eigenvalue weighted by molar-refractivity contribution is 5.94. The van der Waals surface area contributed by atoms with Crippen molar-refractivity contribution in [1.29, 1.82) is 0 Å². The molecule has 0 aliphatic heterocycles. The first kappa shape index (κ1) is 21.0. The predicted octanol–water partition coefficient (Wildman–Crippen LogP) is 3.57. The van der Waals surface area contributed by atoms with Gasteiger partial charge in [-0.15, -0.1) is 0 Å². The van der Waals surface area contributed by atoms with Crippen LogP contribution in [0.15, 0.2) is 79.6 Å². The second-order valence-corrected chi connectivity index (χ2v) is 6.93. The lowest BCUT2D eigenvalue weighted by Crippen LogP contribution is -2.22. The van der Waals surface area contributed by atoms with Crippen molar-refractivity contribution in [1.82, 2.24) is 25.1 Å². The topological polar surface area (TPSA) is 91.2 Å². The molecular weight excluding hydrogens is 406 g/mol. The van der Waals surface area contributed by atoms with Crippen LogP contribution in [0.5, 0.6) is 11.5 Å². The van der Waals surface area contributed by atoms with Gasteiger partial charge < -0.3 is 14.8 Å². The van der Waals surface area contributed by atoms with Crippen molar-refractivity contribution in [3.63, 3.8) is 0 Å². The Balaban J connectivity index is 1.38. The zero-order valence-corrected chi connectivity index (χ0v) is 17.6. The molecule has 0 saturated heterocycles. The van der Waals surface area contributed by atoms with E-state index in [1.165, 1.54) is 6.33 Å². The van der Waals surface area contributed by atoms with Crippen molar-refractivity contribution < 1.29 is 14.3 Å². The van der Waals surface area contributed by atoms with Crippen molar-refractivity contribution in [2.24, 2.45) is 0 Å². The minimum atomic E-state index is -0.190. The smallest absolute Gasteiger partial charge is 0.251 e. The number of nitrogens with one attached hydrogen (secondary N) is 1. The Morgan fingerprint density at radius 2 is 1.88 bits per heavy atom. The molecule has 0 bridgehead atoms. The number of hydrogen-bond donors (Lipinski definition) is 1. The maximum absolute atomic E-state index is 12.7. The molecule has 4 aromatic rings. The molecule has 2 aromatic carbocycles. The number of carbonyl (C=O) groups is 1. The second kappa shape index (κ2) is 10.2. The van der Waals surface area contributed by atoms with Gasteiger partial charge in [0.05, 0.1) is 12.3 Å². The minimum Gasteiger partial charge on any atom is -0.490 e. The normalized spacial score (nSPS) is 10.5. The first-order valence-corrected chi connectivity index (χ1v) is 10.2. The molecule has 4 rings (SSSR count). The first-order chi connectivity index (χ1) is 15.7. The Labute approximate surface area is 185 Å². The standard InChI is InChI=1S/C24H23N5O3/c1-2-31-23-12-20(7-10-22(23)32-15-19-4-3-11-25-13-19)24(30)27-14-18-5-8-21(9-6-18)29-17-26-16-28-29/h3-13,16-17H,2,14-15H2,1H3,(H,27,30). The molecule has 32 heavy (non-hydrogen) atoms. The van der Waals surface area contributed by atoms with Crippen molar-refractivity contribution >= 4 is 5.91 Å². The van der Waals surface area contributed by atoms with Crippen LogP contribution in [0.1, 0.15) is 28.4 Å². The maximum atomic E-state index is 12.7. The lowest BCUT2D eigenvalue weighted by atomic mass is 10.1. The van der Waals surface area contributed by atoms with Crippen LogP contribution in [0.25, 0.3) is 5.69 Å². The molecule has 0 fully saturated rings. The molecule has 0 radical (unpaired) electrons. The Kier molecular flexibility index (Phi) is 6.72. The fourth-order valence-electron chi connectivity index (χ4n) is 3.07. The molecule has 1 amide bonds. The van der Waals surface area contributed by atoms with Gasteiger partial charge in [-0.2, -0.15) is 5.10 Å². The van der Waals surface area contributed by atoms with Gasteiger partial charge in [-0.1, -0.05) is 18.2 Å². The van der Waals surface area contributed by atoms with Gasteiger partial charge in [-0.05, 0) is 48.9 Å². The summed E-state index contributed by atoms with van der Waals surface area (Å²) in [5, 5.41) is 7.04. The number of nitrogens with zero attached hydrogens (tertiary/aromatic N) is 4. The van der Waals surface area contributed by atoms with Crippen LogP contribution in [0.3, 0.4) is 0 Å². The van der Waals surface area contributed by atoms with Crippen LogP contribution in [0.2, 0.25) is 0 Å². The third kappa shape index (κ3) is 5.28. The summed E-state index contributed by atoms with van der Waals surface area (Å²) in [4.78, 5) is 20.7. The van der Waals surface area contributed by atoms with Gasteiger partial charge in [-0.25, -0.2) is 9.67 Å². The van der Waals surface area contributed by atoms with Crippen LogP contribution in [0.4, 0.5) is 0 Å². The lowest BCUT2D eigenvalue weighted by Gasteiger charge is -2.13. The summed E-state index contributed by atoms with van der Waals surface area (Å²) in [6.07, 6.45) is 6.59. The SMILES string of the molecule is CCOc1cc(C(=O)NCc2ccc(-n3cncn3)cc2)ccc1OCc1cccnc1. The number of pyridine rings is 1. The maximum Gasteiger partial charge on any atom is 0.251 e. The van der Waals surface area contributed by atoms with Crippen molar-refractivity contribution in [2.75, 3.05) is 6.61 Å². The minimum absolute atomic E-state index is 0.190. The van der Waals surface area contributed by atoms with E-state index in [1.807, 2.05) is 43.3 Å². The molecule has 0 spiro atoms. The van der Waals surface area contributed by atoms with E-state index in [9.17, 15) is 4.79 Å². The number of aromatic nitrogens is 4. The summed E-state index contributed by atoms with van der Waals surface area (Å²) in [5.74, 6) is 0.919. The van der Waals surface area contributed by atoms with Gasteiger partial charge in [0.25, 0.3) is 5.91 Å². The molecule has 0 saturated carbocycles. The van der Waals surface area contributed by atoms with Crippen LogP contribution in [-0.4, -0.2) is 32.3 Å². The van der Waals surface area contributed by atoms with Crippen molar-refractivity contribution in [3.05, 3.63) is 96.3 Å². The Morgan fingerprint density at radius 1 is 1.00 bits per heavy atom. The summed E-state index contributed by atoms with van der Waals surface area (Å²) >= 11 is 0. The Bertz CT molecular complexity index is 1150. The Hall–Kier alpha value is -4.20. The van der Waals surface area contributed by atoms with E-state index in [0.29, 0.717) is 36.8 Å². The fraction of sp³-hybridized carbons (Fsp3) is 0.167. The summed E-state index contributed by atoms with van der Waals surface area (Å²) in [7, 11) is 0. The zero-order chi connectivity index (χ0) is 22.2. The van der Waals surface area contributed by atoms with Crippen LogP contribution >= 0.6 is 0 Å². The van der Waals surface area contributed by atoms with E-state index in [0.717, 1.165) is 16.8 Å². The Morgan fingerprint density at radius 3 is 2.59 bits per heavy atom. The third-order valence-electron chi connectivity index (χ3n) is 4.70. The van der Waals surface area contributed by atoms with Crippen LogP contribution in [0, 0.1) is 0 Å². The summed E-state index contributed by atoms with van der Waals surface area (Å²) < 4.78 is 13.2. The number of ether oxygens (including phenoxy) is 2. The molecule has 0 aliphatic carbocycles. The lowest BCUT2D eigenvalue weighted by molar-refractivity contribution is 0.0950. The quantitative estimate of drug-likeness (QED) is 0.437. The van der Waals surface area contributed by atoms with Gasteiger partial charge in [0, 0.05) is 30.1 Å². The predicted molar refractivity (Wildman–Crippen MR) is 119 cm³/mol. The van der Waals surface area contributed by atoms with Crippen molar-refractivity contribution in [3.8, 4) is 17.2 Å². The van der Waals surface area contributed by atoms with E-state index in [2.05, 4.69) is 20.4 Å². The average Bonchev–Trinajstić information content (AvgIpc) is 3.38. The number of benzene rings is 2.